The molecule has 66 valence electrons. The van der Waals surface area contributed by atoms with Crippen LogP contribution in [0.25, 0.3) is 0 Å². The number of rotatable bonds is 3. The van der Waals surface area contributed by atoms with Gasteiger partial charge in [-0.25, -0.2) is 4.39 Å². The average molecular weight is 189 g/mol. The predicted octanol–water partition coefficient (Wildman–Crippen LogP) is 2.49. The van der Waals surface area contributed by atoms with E-state index in [9.17, 15) is 4.39 Å². The molecular formula is C9H10ClFO. The van der Waals surface area contributed by atoms with E-state index in [1.807, 2.05) is 0 Å². The molecule has 0 saturated carbocycles. The number of aliphatic hydroxyl groups is 1. The molecule has 1 aromatic rings. The molecule has 0 aromatic heterocycles. The van der Waals surface area contributed by atoms with E-state index in [2.05, 4.69) is 0 Å². The number of aliphatic hydroxyl groups excluding tert-OH is 1. The lowest BCUT2D eigenvalue weighted by Gasteiger charge is -2.06. The van der Waals surface area contributed by atoms with E-state index < -0.39 is 0 Å². The van der Waals surface area contributed by atoms with Gasteiger partial charge in [0, 0.05) is 6.61 Å². The van der Waals surface area contributed by atoms with Gasteiger partial charge in [0.05, 0.1) is 5.38 Å². The molecule has 0 bridgehead atoms. The van der Waals surface area contributed by atoms with Gasteiger partial charge in [-0.05, 0) is 24.1 Å². The largest absolute Gasteiger partial charge is 0.396 e. The van der Waals surface area contributed by atoms with E-state index in [0.29, 0.717) is 12.0 Å². The van der Waals surface area contributed by atoms with Gasteiger partial charge in [0.25, 0.3) is 0 Å². The summed E-state index contributed by atoms with van der Waals surface area (Å²) in [6, 6.07) is 6.10. The third kappa shape index (κ3) is 2.47. The average Bonchev–Trinajstić information content (AvgIpc) is 2.05. The summed E-state index contributed by atoms with van der Waals surface area (Å²) in [6.45, 7) is 0.0185. The first-order valence-electron chi connectivity index (χ1n) is 3.74. The van der Waals surface area contributed by atoms with E-state index >= 15 is 0 Å². The van der Waals surface area contributed by atoms with Crippen molar-refractivity contribution in [3.8, 4) is 0 Å². The maximum absolute atomic E-state index is 12.6. The van der Waals surface area contributed by atoms with E-state index in [0.717, 1.165) is 0 Å². The number of benzene rings is 1. The van der Waals surface area contributed by atoms with Crippen LogP contribution in [0.4, 0.5) is 4.39 Å². The number of halogens is 2. The van der Waals surface area contributed by atoms with Crippen molar-refractivity contribution in [2.24, 2.45) is 0 Å². The van der Waals surface area contributed by atoms with Crippen LogP contribution in [0.15, 0.2) is 24.3 Å². The highest BCUT2D eigenvalue weighted by Crippen LogP contribution is 2.23. The van der Waals surface area contributed by atoms with Gasteiger partial charge < -0.3 is 5.11 Å². The summed E-state index contributed by atoms with van der Waals surface area (Å²) in [7, 11) is 0. The van der Waals surface area contributed by atoms with E-state index in [4.69, 9.17) is 16.7 Å². The molecule has 1 rings (SSSR count). The van der Waals surface area contributed by atoms with Gasteiger partial charge in [0.15, 0.2) is 0 Å². The van der Waals surface area contributed by atoms with Crippen molar-refractivity contribution in [3.05, 3.63) is 35.6 Å². The maximum Gasteiger partial charge on any atom is 0.123 e. The fourth-order valence-corrected chi connectivity index (χ4v) is 1.21. The minimum absolute atomic E-state index is 0.0185. The molecule has 0 aliphatic carbocycles. The Morgan fingerprint density at radius 1 is 1.50 bits per heavy atom. The summed E-state index contributed by atoms with van der Waals surface area (Å²) < 4.78 is 12.6. The van der Waals surface area contributed by atoms with Crippen molar-refractivity contribution in [2.45, 2.75) is 11.8 Å². The van der Waals surface area contributed by atoms with E-state index in [-0.39, 0.29) is 17.8 Å². The number of alkyl halides is 1. The SMILES string of the molecule is OCCC(Cl)c1cccc(F)c1. The molecule has 0 radical (unpaired) electrons. The van der Waals surface area contributed by atoms with Crippen LogP contribution < -0.4 is 0 Å². The van der Waals surface area contributed by atoms with Gasteiger partial charge in [-0.15, -0.1) is 11.6 Å². The Balaban J connectivity index is 2.73. The molecule has 12 heavy (non-hydrogen) atoms. The second-order valence-electron chi connectivity index (χ2n) is 2.53. The quantitative estimate of drug-likeness (QED) is 0.723. The summed E-state index contributed by atoms with van der Waals surface area (Å²) in [5, 5.41) is 8.29. The highest BCUT2D eigenvalue weighted by atomic mass is 35.5. The highest BCUT2D eigenvalue weighted by Gasteiger charge is 2.06. The summed E-state index contributed by atoms with van der Waals surface area (Å²) in [5.74, 6) is -0.295. The van der Waals surface area contributed by atoms with Crippen LogP contribution in [-0.4, -0.2) is 11.7 Å². The molecule has 1 unspecified atom stereocenters. The van der Waals surface area contributed by atoms with Gasteiger partial charge in [0.1, 0.15) is 5.82 Å². The van der Waals surface area contributed by atoms with Gasteiger partial charge >= 0.3 is 0 Å². The molecule has 0 spiro atoms. The minimum Gasteiger partial charge on any atom is -0.396 e. The maximum atomic E-state index is 12.6. The first-order valence-corrected chi connectivity index (χ1v) is 4.18. The Morgan fingerprint density at radius 2 is 2.25 bits per heavy atom. The lowest BCUT2D eigenvalue weighted by molar-refractivity contribution is 0.286. The van der Waals surface area contributed by atoms with Crippen LogP contribution in [-0.2, 0) is 0 Å². The first-order chi connectivity index (χ1) is 5.74. The Morgan fingerprint density at radius 3 is 2.83 bits per heavy atom. The Hall–Kier alpha value is -0.600. The molecule has 1 N–H and O–H groups in total. The molecular weight excluding hydrogens is 179 g/mol. The monoisotopic (exact) mass is 188 g/mol. The molecule has 0 amide bonds. The fraction of sp³-hybridized carbons (Fsp3) is 0.333. The molecule has 0 aliphatic heterocycles. The van der Waals surface area contributed by atoms with Crippen molar-refractivity contribution in [2.75, 3.05) is 6.61 Å². The lowest BCUT2D eigenvalue weighted by Crippen LogP contribution is -1.94. The third-order valence-electron chi connectivity index (χ3n) is 1.59. The topological polar surface area (TPSA) is 20.2 Å². The van der Waals surface area contributed by atoms with Gasteiger partial charge in [0.2, 0.25) is 0 Å². The van der Waals surface area contributed by atoms with Crippen LogP contribution in [0.3, 0.4) is 0 Å². The van der Waals surface area contributed by atoms with E-state index in [1.54, 1.807) is 12.1 Å². The normalized spacial score (nSPS) is 12.9. The zero-order valence-corrected chi connectivity index (χ0v) is 7.26. The first kappa shape index (κ1) is 9.49. The van der Waals surface area contributed by atoms with Crippen molar-refractivity contribution in [3.63, 3.8) is 0 Å². The van der Waals surface area contributed by atoms with Gasteiger partial charge in [-0.2, -0.15) is 0 Å². The highest BCUT2D eigenvalue weighted by molar-refractivity contribution is 6.20. The van der Waals surface area contributed by atoms with Crippen LogP contribution in [0.1, 0.15) is 17.4 Å². The molecule has 1 atom stereocenters. The Kier molecular flexibility index (Phi) is 3.50. The van der Waals surface area contributed by atoms with Gasteiger partial charge in [-0.1, -0.05) is 12.1 Å². The number of hydrogen-bond donors (Lipinski definition) is 1. The Bertz CT molecular complexity index is 252. The minimum atomic E-state index is -0.300. The van der Waals surface area contributed by atoms with Crippen molar-refractivity contribution in [1.29, 1.82) is 0 Å². The standard InChI is InChI=1S/C9H10ClFO/c10-9(4-5-12)7-2-1-3-8(11)6-7/h1-3,6,9,12H,4-5H2. The summed E-state index contributed by atoms with van der Waals surface area (Å²) in [4.78, 5) is 0. The van der Waals surface area contributed by atoms with Crippen molar-refractivity contribution in [1.82, 2.24) is 0 Å². The van der Waals surface area contributed by atoms with E-state index in [1.165, 1.54) is 12.1 Å². The Labute approximate surface area is 75.8 Å². The zero-order valence-electron chi connectivity index (χ0n) is 6.50. The number of hydrogen-bond acceptors (Lipinski definition) is 1. The van der Waals surface area contributed by atoms with Crippen molar-refractivity contribution < 1.29 is 9.50 Å². The molecule has 3 heteroatoms. The third-order valence-corrected chi connectivity index (χ3v) is 2.06. The summed E-state index contributed by atoms with van der Waals surface area (Å²) >= 11 is 5.85. The molecule has 0 aliphatic rings. The summed E-state index contributed by atoms with van der Waals surface area (Å²) in [6.07, 6.45) is 0.449. The molecule has 0 saturated heterocycles. The zero-order chi connectivity index (χ0) is 8.97. The second kappa shape index (κ2) is 4.43. The fourth-order valence-electron chi connectivity index (χ4n) is 0.981. The molecule has 1 nitrogen and oxygen atoms in total. The molecule has 0 heterocycles. The van der Waals surface area contributed by atoms with Crippen LogP contribution in [0, 0.1) is 5.82 Å². The van der Waals surface area contributed by atoms with Gasteiger partial charge in [-0.3, -0.25) is 0 Å². The lowest BCUT2D eigenvalue weighted by atomic mass is 10.1. The van der Waals surface area contributed by atoms with Crippen molar-refractivity contribution >= 4 is 11.6 Å². The predicted molar refractivity (Wildman–Crippen MR) is 46.7 cm³/mol. The molecule has 0 fully saturated rings. The van der Waals surface area contributed by atoms with Crippen LogP contribution >= 0.6 is 11.6 Å². The smallest absolute Gasteiger partial charge is 0.123 e. The van der Waals surface area contributed by atoms with Crippen LogP contribution in [0.2, 0.25) is 0 Å². The summed E-state index contributed by atoms with van der Waals surface area (Å²) in [5.41, 5.74) is 0.714. The van der Waals surface area contributed by atoms with Crippen LogP contribution in [0.5, 0.6) is 0 Å². The molecule has 1 aromatic carbocycles. The second-order valence-corrected chi connectivity index (χ2v) is 3.06.